The van der Waals surface area contributed by atoms with Gasteiger partial charge in [0.2, 0.25) is 0 Å². The molecule has 2 fully saturated rings. The minimum absolute atomic E-state index is 0.489. The first-order valence-corrected chi connectivity index (χ1v) is 6.56. The molecule has 1 heterocycles. The van der Waals surface area contributed by atoms with Gasteiger partial charge < -0.3 is 9.73 Å². The fourth-order valence-electron chi connectivity index (χ4n) is 3.86. The lowest BCUT2D eigenvalue weighted by Gasteiger charge is -2.26. The minimum Gasteiger partial charge on any atom is -0.472 e. The second kappa shape index (κ2) is 4.25. The summed E-state index contributed by atoms with van der Waals surface area (Å²) in [6, 6.07) is 2.58. The molecule has 4 atom stereocenters. The van der Waals surface area contributed by atoms with Crippen LogP contribution in [-0.2, 0) is 0 Å². The van der Waals surface area contributed by atoms with Gasteiger partial charge in [-0.1, -0.05) is 6.42 Å². The summed E-state index contributed by atoms with van der Waals surface area (Å²) in [7, 11) is 2.06. The highest BCUT2D eigenvalue weighted by atomic mass is 16.3. The van der Waals surface area contributed by atoms with Gasteiger partial charge in [0.15, 0.2) is 0 Å². The van der Waals surface area contributed by atoms with Crippen LogP contribution in [0.25, 0.3) is 0 Å². The number of hydrogen-bond donors (Lipinski definition) is 1. The highest BCUT2D eigenvalue weighted by Gasteiger charge is 2.40. The van der Waals surface area contributed by atoms with Gasteiger partial charge in [-0.2, -0.15) is 0 Å². The molecule has 2 nitrogen and oxygen atoms in total. The fraction of sp³-hybridized carbons (Fsp3) is 0.714. The lowest BCUT2D eigenvalue weighted by atomic mass is 9.83. The van der Waals surface area contributed by atoms with E-state index >= 15 is 0 Å². The van der Waals surface area contributed by atoms with Crippen LogP contribution in [-0.4, -0.2) is 7.05 Å². The lowest BCUT2D eigenvalue weighted by Crippen LogP contribution is -2.22. The van der Waals surface area contributed by atoms with Crippen molar-refractivity contribution < 1.29 is 4.42 Å². The maximum atomic E-state index is 5.18. The molecule has 2 aliphatic carbocycles. The molecule has 2 aliphatic rings. The summed E-state index contributed by atoms with van der Waals surface area (Å²) < 4.78 is 5.18. The Bertz CT molecular complexity index is 333. The topological polar surface area (TPSA) is 25.2 Å². The van der Waals surface area contributed by atoms with E-state index in [0.717, 1.165) is 17.8 Å². The molecule has 3 rings (SSSR count). The van der Waals surface area contributed by atoms with Crippen molar-refractivity contribution in [1.82, 2.24) is 5.32 Å². The van der Waals surface area contributed by atoms with E-state index in [2.05, 4.69) is 18.4 Å². The first kappa shape index (κ1) is 10.4. The Kier molecular flexibility index (Phi) is 2.76. The molecule has 0 amide bonds. The van der Waals surface area contributed by atoms with Crippen molar-refractivity contribution in [3.63, 3.8) is 0 Å². The van der Waals surface area contributed by atoms with Gasteiger partial charge in [0.1, 0.15) is 0 Å². The van der Waals surface area contributed by atoms with Gasteiger partial charge in [0, 0.05) is 11.6 Å². The zero-order valence-electron chi connectivity index (χ0n) is 9.99. The Morgan fingerprint density at radius 2 is 2.38 bits per heavy atom. The summed E-state index contributed by atoms with van der Waals surface area (Å²) in [6.45, 7) is 0. The molecule has 2 bridgehead atoms. The van der Waals surface area contributed by atoms with Crippen molar-refractivity contribution >= 4 is 0 Å². The Morgan fingerprint density at radius 1 is 1.44 bits per heavy atom. The molecule has 2 heteroatoms. The van der Waals surface area contributed by atoms with Crippen LogP contribution in [0, 0.1) is 17.8 Å². The summed E-state index contributed by atoms with van der Waals surface area (Å²) in [5, 5.41) is 3.43. The van der Waals surface area contributed by atoms with E-state index in [9.17, 15) is 0 Å². The Labute approximate surface area is 97.4 Å². The number of furan rings is 1. The van der Waals surface area contributed by atoms with E-state index in [1.807, 2.05) is 6.26 Å². The zero-order chi connectivity index (χ0) is 11.0. The average molecular weight is 219 g/mol. The molecule has 1 aromatic rings. The second-order valence-corrected chi connectivity index (χ2v) is 5.57. The first-order chi connectivity index (χ1) is 7.86. The minimum atomic E-state index is 0.489. The van der Waals surface area contributed by atoms with Crippen molar-refractivity contribution in [3.05, 3.63) is 24.2 Å². The average Bonchev–Trinajstić information content (AvgIpc) is 3.01. The van der Waals surface area contributed by atoms with Crippen molar-refractivity contribution in [3.8, 4) is 0 Å². The van der Waals surface area contributed by atoms with Crippen molar-refractivity contribution in [2.45, 2.75) is 38.1 Å². The molecule has 0 aliphatic heterocycles. The summed E-state index contributed by atoms with van der Waals surface area (Å²) in [4.78, 5) is 0. The standard InChI is InChI=1S/C14H21NO/c1-15-14(12-4-5-16-9-12)8-13-7-10-2-3-11(13)6-10/h4-5,9-11,13-15H,2-3,6-8H2,1H3. The first-order valence-electron chi connectivity index (χ1n) is 6.56. The highest BCUT2D eigenvalue weighted by Crippen LogP contribution is 2.50. The Morgan fingerprint density at radius 3 is 2.94 bits per heavy atom. The normalized spacial score (nSPS) is 34.4. The maximum Gasteiger partial charge on any atom is 0.0950 e. The molecule has 0 aromatic carbocycles. The van der Waals surface area contributed by atoms with Gasteiger partial charge in [-0.05, 0) is 56.6 Å². The van der Waals surface area contributed by atoms with Gasteiger partial charge in [-0.3, -0.25) is 0 Å². The molecule has 4 unspecified atom stereocenters. The summed E-state index contributed by atoms with van der Waals surface area (Å²) in [5.74, 6) is 3.02. The van der Waals surface area contributed by atoms with Crippen LogP contribution in [0.1, 0.15) is 43.7 Å². The SMILES string of the molecule is CNC(CC1CC2CCC1C2)c1ccoc1. The highest BCUT2D eigenvalue weighted by molar-refractivity contribution is 5.12. The third-order valence-corrected chi connectivity index (χ3v) is 4.72. The largest absolute Gasteiger partial charge is 0.472 e. The van der Waals surface area contributed by atoms with Gasteiger partial charge in [0.25, 0.3) is 0 Å². The van der Waals surface area contributed by atoms with Crippen LogP contribution < -0.4 is 5.32 Å². The van der Waals surface area contributed by atoms with Crippen LogP contribution in [0.3, 0.4) is 0 Å². The predicted octanol–water partition coefficient (Wildman–Crippen LogP) is 3.37. The van der Waals surface area contributed by atoms with E-state index < -0.39 is 0 Å². The van der Waals surface area contributed by atoms with Gasteiger partial charge in [-0.15, -0.1) is 0 Å². The third kappa shape index (κ3) is 1.80. The van der Waals surface area contributed by atoms with E-state index in [-0.39, 0.29) is 0 Å². The van der Waals surface area contributed by atoms with Crippen LogP contribution in [0.2, 0.25) is 0 Å². The number of nitrogens with one attached hydrogen (secondary N) is 1. The molecule has 88 valence electrons. The molecular formula is C14H21NO. The second-order valence-electron chi connectivity index (χ2n) is 5.57. The maximum absolute atomic E-state index is 5.18. The number of fused-ring (bicyclic) bond motifs is 2. The molecule has 0 saturated heterocycles. The van der Waals surface area contributed by atoms with Crippen molar-refractivity contribution in [2.75, 3.05) is 7.05 Å². The molecule has 0 radical (unpaired) electrons. The quantitative estimate of drug-likeness (QED) is 0.840. The molecular weight excluding hydrogens is 198 g/mol. The summed E-state index contributed by atoms with van der Waals surface area (Å²) in [5.41, 5.74) is 1.31. The molecule has 1 N–H and O–H groups in total. The van der Waals surface area contributed by atoms with Crippen LogP contribution >= 0.6 is 0 Å². The van der Waals surface area contributed by atoms with Gasteiger partial charge in [0.05, 0.1) is 12.5 Å². The van der Waals surface area contributed by atoms with E-state index in [1.54, 1.807) is 6.26 Å². The third-order valence-electron chi connectivity index (χ3n) is 4.72. The van der Waals surface area contributed by atoms with Crippen LogP contribution in [0.4, 0.5) is 0 Å². The van der Waals surface area contributed by atoms with E-state index in [4.69, 9.17) is 4.42 Å². The van der Waals surface area contributed by atoms with Gasteiger partial charge >= 0.3 is 0 Å². The summed E-state index contributed by atoms with van der Waals surface area (Å²) in [6.07, 6.45) is 10.9. The zero-order valence-corrected chi connectivity index (χ0v) is 9.99. The van der Waals surface area contributed by atoms with E-state index in [1.165, 1.54) is 37.7 Å². The smallest absolute Gasteiger partial charge is 0.0950 e. The predicted molar refractivity (Wildman–Crippen MR) is 64.1 cm³/mol. The number of rotatable bonds is 4. The van der Waals surface area contributed by atoms with Gasteiger partial charge in [-0.25, -0.2) is 0 Å². The van der Waals surface area contributed by atoms with Crippen LogP contribution in [0.15, 0.2) is 23.0 Å². The van der Waals surface area contributed by atoms with Crippen molar-refractivity contribution in [1.29, 1.82) is 0 Å². The van der Waals surface area contributed by atoms with E-state index in [0.29, 0.717) is 6.04 Å². The Balaban J connectivity index is 1.65. The number of hydrogen-bond acceptors (Lipinski definition) is 2. The monoisotopic (exact) mass is 219 g/mol. The summed E-state index contributed by atoms with van der Waals surface area (Å²) >= 11 is 0. The molecule has 2 saturated carbocycles. The molecule has 1 aromatic heterocycles. The lowest BCUT2D eigenvalue weighted by molar-refractivity contribution is 0.283. The Hall–Kier alpha value is -0.760. The van der Waals surface area contributed by atoms with Crippen LogP contribution in [0.5, 0.6) is 0 Å². The fourth-order valence-corrected chi connectivity index (χ4v) is 3.86. The molecule has 16 heavy (non-hydrogen) atoms. The molecule has 0 spiro atoms. The van der Waals surface area contributed by atoms with Crippen molar-refractivity contribution in [2.24, 2.45) is 17.8 Å².